The van der Waals surface area contributed by atoms with Crippen LogP contribution in [0.25, 0.3) is 0 Å². The van der Waals surface area contributed by atoms with Gasteiger partial charge in [-0.05, 0) is 31.5 Å². The molecule has 114 valence electrons. The van der Waals surface area contributed by atoms with Gasteiger partial charge in [-0.2, -0.15) is 0 Å². The highest BCUT2D eigenvalue weighted by atomic mass is 16.6. The summed E-state index contributed by atoms with van der Waals surface area (Å²) < 4.78 is 0. The second-order valence-electron chi connectivity index (χ2n) is 5.28. The Morgan fingerprint density at radius 3 is 2.76 bits per heavy atom. The van der Waals surface area contributed by atoms with E-state index in [9.17, 15) is 14.9 Å². The molecule has 1 aliphatic heterocycles. The Morgan fingerprint density at radius 2 is 2.14 bits per heavy atom. The molecular formula is C14H20N4O3. The van der Waals surface area contributed by atoms with Crippen LogP contribution in [0.1, 0.15) is 18.4 Å². The fraction of sp³-hybridized carbons (Fsp3) is 0.500. The minimum absolute atomic E-state index is 0.0665. The van der Waals surface area contributed by atoms with Crippen LogP contribution in [0.4, 0.5) is 5.69 Å². The number of primary amides is 1. The minimum Gasteiger partial charge on any atom is -0.369 e. The summed E-state index contributed by atoms with van der Waals surface area (Å²) in [7, 11) is 0. The van der Waals surface area contributed by atoms with E-state index in [1.54, 1.807) is 12.1 Å². The normalized spacial score (nSPS) is 16.0. The van der Waals surface area contributed by atoms with Gasteiger partial charge in [0.05, 0.1) is 11.5 Å². The average Bonchev–Trinajstić information content (AvgIpc) is 2.47. The molecule has 3 N–H and O–H groups in total. The van der Waals surface area contributed by atoms with Gasteiger partial charge in [0.2, 0.25) is 5.91 Å². The number of carbonyl (C=O) groups is 1. The number of hydrogen-bond donors (Lipinski definition) is 2. The summed E-state index contributed by atoms with van der Waals surface area (Å²) in [4.78, 5) is 23.7. The predicted octanol–water partition coefficient (Wildman–Crippen LogP) is 0.634. The molecule has 1 saturated heterocycles. The number of carbonyl (C=O) groups excluding carboxylic acids is 1. The van der Waals surface area contributed by atoms with Crippen molar-refractivity contribution in [3.8, 4) is 0 Å². The molecule has 1 aliphatic rings. The molecule has 0 aromatic heterocycles. The highest BCUT2D eigenvalue weighted by Crippen LogP contribution is 2.18. The molecule has 0 atom stereocenters. The number of nitrogens with two attached hydrogens (primary N) is 1. The highest BCUT2D eigenvalue weighted by Gasteiger charge is 2.22. The Morgan fingerprint density at radius 1 is 1.43 bits per heavy atom. The lowest BCUT2D eigenvalue weighted by Gasteiger charge is -2.33. The van der Waals surface area contributed by atoms with Gasteiger partial charge < -0.3 is 11.1 Å². The third-order valence-corrected chi connectivity index (χ3v) is 3.69. The Hall–Kier alpha value is -1.99. The molecule has 0 spiro atoms. The number of rotatable bonds is 6. The fourth-order valence-corrected chi connectivity index (χ4v) is 2.69. The number of nitro groups is 1. The van der Waals surface area contributed by atoms with Gasteiger partial charge in [0.1, 0.15) is 0 Å². The van der Waals surface area contributed by atoms with Crippen LogP contribution < -0.4 is 11.1 Å². The first kappa shape index (κ1) is 15.4. The van der Waals surface area contributed by atoms with E-state index in [0.717, 1.165) is 31.5 Å². The van der Waals surface area contributed by atoms with Gasteiger partial charge in [0.25, 0.3) is 5.69 Å². The number of hydrogen-bond acceptors (Lipinski definition) is 5. The van der Waals surface area contributed by atoms with E-state index in [1.165, 1.54) is 6.07 Å². The van der Waals surface area contributed by atoms with Gasteiger partial charge in [-0.3, -0.25) is 19.8 Å². The first-order chi connectivity index (χ1) is 10.1. The van der Waals surface area contributed by atoms with E-state index in [4.69, 9.17) is 5.73 Å². The molecule has 1 heterocycles. The van der Waals surface area contributed by atoms with Crippen molar-refractivity contribution in [1.29, 1.82) is 0 Å². The first-order valence-electron chi connectivity index (χ1n) is 7.02. The Balaban J connectivity index is 2.11. The maximum absolute atomic E-state index is 11.3. The van der Waals surface area contributed by atoms with Crippen molar-refractivity contribution in [1.82, 2.24) is 10.2 Å². The number of nitrogens with zero attached hydrogens (tertiary/aromatic N) is 2. The van der Waals surface area contributed by atoms with E-state index in [-0.39, 0.29) is 24.2 Å². The lowest BCUT2D eigenvalue weighted by molar-refractivity contribution is -0.384. The van der Waals surface area contributed by atoms with Crippen molar-refractivity contribution < 1.29 is 9.72 Å². The number of non-ortho nitro benzene ring substituents is 1. The molecule has 7 heteroatoms. The van der Waals surface area contributed by atoms with Gasteiger partial charge in [0.15, 0.2) is 0 Å². The van der Waals surface area contributed by atoms with Crippen molar-refractivity contribution in [3.63, 3.8) is 0 Å². The maximum Gasteiger partial charge on any atom is 0.269 e. The largest absolute Gasteiger partial charge is 0.369 e. The van der Waals surface area contributed by atoms with Crippen LogP contribution in [0, 0.1) is 10.1 Å². The minimum atomic E-state index is -0.410. The summed E-state index contributed by atoms with van der Waals surface area (Å²) in [5, 5.41) is 14.1. The highest BCUT2D eigenvalue weighted by molar-refractivity contribution is 5.76. The Kier molecular flexibility index (Phi) is 5.24. The molecule has 0 radical (unpaired) electrons. The quantitative estimate of drug-likeness (QED) is 0.591. The van der Waals surface area contributed by atoms with Gasteiger partial charge in [-0.15, -0.1) is 0 Å². The van der Waals surface area contributed by atoms with Gasteiger partial charge in [0, 0.05) is 24.7 Å². The zero-order chi connectivity index (χ0) is 15.2. The van der Waals surface area contributed by atoms with Crippen molar-refractivity contribution in [2.45, 2.75) is 25.4 Å². The molecule has 21 heavy (non-hydrogen) atoms. The van der Waals surface area contributed by atoms with E-state index in [1.807, 2.05) is 11.0 Å². The van der Waals surface area contributed by atoms with E-state index < -0.39 is 4.92 Å². The van der Waals surface area contributed by atoms with Crippen molar-refractivity contribution in [3.05, 3.63) is 39.9 Å². The number of nitro benzene ring substituents is 1. The van der Waals surface area contributed by atoms with Gasteiger partial charge in [-0.25, -0.2) is 0 Å². The molecule has 0 unspecified atom stereocenters. The lowest BCUT2D eigenvalue weighted by atomic mass is 10.0. The summed E-state index contributed by atoms with van der Waals surface area (Å²) in [6.45, 7) is 2.49. The predicted molar refractivity (Wildman–Crippen MR) is 78.6 cm³/mol. The summed E-state index contributed by atoms with van der Waals surface area (Å²) in [5.41, 5.74) is 6.22. The van der Waals surface area contributed by atoms with Crippen LogP contribution in [0.5, 0.6) is 0 Å². The van der Waals surface area contributed by atoms with Gasteiger partial charge in [-0.1, -0.05) is 12.1 Å². The van der Waals surface area contributed by atoms with Crippen molar-refractivity contribution in [2.24, 2.45) is 5.73 Å². The molecule has 0 saturated carbocycles. The third-order valence-electron chi connectivity index (χ3n) is 3.69. The second-order valence-corrected chi connectivity index (χ2v) is 5.28. The standard InChI is InChI=1S/C14H20N4O3/c15-14(19)10-17(12-4-6-16-7-5-12)9-11-2-1-3-13(8-11)18(20)21/h1-3,8,12,16H,4-7,9-10H2,(H2,15,19). The zero-order valence-corrected chi connectivity index (χ0v) is 11.8. The zero-order valence-electron chi connectivity index (χ0n) is 11.8. The molecule has 1 aromatic rings. The SMILES string of the molecule is NC(=O)CN(Cc1cccc([N+](=O)[O-])c1)C1CCNCC1. The lowest BCUT2D eigenvalue weighted by Crippen LogP contribution is -2.46. The molecular weight excluding hydrogens is 272 g/mol. The van der Waals surface area contributed by atoms with Crippen LogP contribution in [-0.2, 0) is 11.3 Å². The van der Waals surface area contributed by atoms with Crippen LogP contribution in [0.2, 0.25) is 0 Å². The van der Waals surface area contributed by atoms with Gasteiger partial charge >= 0.3 is 0 Å². The fourth-order valence-electron chi connectivity index (χ4n) is 2.69. The number of benzene rings is 1. The van der Waals surface area contributed by atoms with Crippen molar-refractivity contribution >= 4 is 11.6 Å². The number of piperidine rings is 1. The Labute approximate surface area is 123 Å². The van der Waals surface area contributed by atoms with E-state index >= 15 is 0 Å². The summed E-state index contributed by atoms with van der Waals surface area (Å²) >= 11 is 0. The number of amides is 1. The molecule has 7 nitrogen and oxygen atoms in total. The first-order valence-corrected chi connectivity index (χ1v) is 7.02. The molecule has 0 aliphatic carbocycles. The molecule has 2 rings (SSSR count). The van der Waals surface area contributed by atoms with E-state index in [2.05, 4.69) is 5.32 Å². The maximum atomic E-state index is 11.3. The molecule has 0 bridgehead atoms. The van der Waals surface area contributed by atoms with E-state index in [0.29, 0.717) is 6.54 Å². The van der Waals surface area contributed by atoms with Crippen molar-refractivity contribution in [2.75, 3.05) is 19.6 Å². The van der Waals surface area contributed by atoms with Crippen LogP contribution in [0.15, 0.2) is 24.3 Å². The number of nitrogens with one attached hydrogen (secondary N) is 1. The Bertz CT molecular complexity index is 515. The third kappa shape index (κ3) is 4.51. The smallest absolute Gasteiger partial charge is 0.269 e. The topological polar surface area (TPSA) is 102 Å². The summed E-state index contributed by atoms with van der Waals surface area (Å²) in [5.74, 6) is -0.376. The molecule has 1 aromatic carbocycles. The monoisotopic (exact) mass is 292 g/mol. The van der Waals surface area contributed by atoms with Crippen LogP contribution in [0.3, 0.4) is 0 Å². The summed E-state index contributed by atoms with van der Waals surface area (Å²) in [6, 6.07) is 6.79. The second kappa shape index (κ2) is 7.14. The average molecular weight is 292 g/mol. The molecule has 1 fully saturated rings. The molecule has 1 amide bonds. The van der Waals surface area contributed by atoms with Crippen LogP contribution in [-0.4, -0.2) is 41.4 Å². The summed E-state index contributed by atoms with van der Waals surface area (Å²) in [6.07, 6.45) is 1.89. The van der Waals surface area contributed by atoms with Crippen LogP contribution >= 0.6 is 0 Å².